The van der Waals surface area contributed by atoms with Gasteiger partial charge in [0.1, 0.15) is 7.85 Å². The van der Waals surface area contributed by atoms with Crippen molar-refractivity contribution in [1.82, 2.24) is 4.98 Å². The highest BCUT2D eigenvalue weighted by molar-refractivity contribution is 6.11. The summed E-state index contributed by atoms with van der Waals surface area (Å²) in [7, 11) is 1.86. The molecule has 1 nitrogen and oxygen atoms in total. The van der Waals surface area contributed by atoms with E-state index < -0.39 is 11.7 Å². The van der Waals surface area contributed by atoms with Crippen molar-refractivity contribution in [1.29, 1.82) is 0 Å². The van der Waals surface area contributed by atoms with Crippen LogP contribution in [0.5, 0.6) is 0 Å². The Kier molecular flexibility index (Phi) is 2.72. The zero-order valence-electron chi connectivity index (χ0n) is 9.30. The molecule has 0 spiro atoms. The van der Waals surface area contributed by atoms with Gasteiger partial charge in [-0.2, -0.15) is 13.2 Å². The summed E-state index contributed by atoms with van der Waals surface area (Å²) in [6.45, 7) is 1.86. The van der Waals surface area contributed by atoms with Gasteiger partial charge in [0.25, 0.3) is 0 Å². The van der Waals surface area contributed by atoms with E-state index in [1.165, 1.54) is 6.07 Å². The Morgan fingerprint density at radius 2 is 2.00 bits per heavy atom. The number of nitrogens with zero attached hydrogens (tertiary/aromatic N) is 1. The predicted octanol–water partition coefficient (Wildman–Crippen LogP) is 2.67. The summed E-state index contributed by atoms with van der Waals surface area (Å²) in [4.78, 5) is 4.31. The summed E-state index contributed by atoms with van der Waals surface area (Å²) >= 11 is 0. The summed E-state index contributed by atoms with van der Waals surface area (Å²) < 4.78 is 38.0. The van der Waals surface area contributed by atoms with Gasteiger partial charge in [0, 0.05) is 17.3 Å². The van der Waals surface area contributed by atoms with Gasteiger partial charge < -0.3 is 0 Å². The second-order valence-electron chi connectivity index (χ2n) is 4.63. The minimum Gasteiger partial charge on any atom is -0.258 e. The first-order valence-electron chi connectivity index (χ1n) is 5.47. The zero-order chi connectivity index (χ0) is 11.9. The fourth-order valence-corrected chi connectivity index (χ4v) is 1.62. The highest BCUT2D eigenvalue weighted by Gasteiger charge is 2.34. The lowest BCUT2D eigenvalue weighted by Crippen LogP contribution is -2.09. The van der Waals surface area contributed by atoms with Crippen LogP contribution in [0.4, 0.5) is 13.2 Å². The molecule has 1 aromatic rings. The number of halogens is 3. The van der Waals surface area contributed by atoms with Gasteiger partial charge in [0.05, 0.1) is 5.56 Å². The van der Waals surface area contributed by atoms with Gasteiger partial charge >= 0.3 is 6.18 Å². The van der Waals surface area contributed by atoms with Crippen LogP contribution in [0.25, 0.3) is 0 Å². The second-order valence-corrected chi connectivity index (χ2v) is 4.63. The standard InChI is InChI=1S/C11H13BF3N/c1-6(12)9-4-8(11(13,14)15)5-10(16-9)7-2-3-7/h4-7H,2-3,12H2,1H3. The molecule has 0 bridgehead atoms. The number of pyridine rings is 1. The Hall–Kier alpha value is -0.995. The number of aromatic nitrogens is 1. The lowest BCUT2D eigenvalue weighted by atomic mass is 9.85. The molecule has 2 rings (SSSR count). The third kappa shape index (κ3) is 2.39. The Morgan fingerprint density at radius 1 is 1.38 bits per heavy atom. The minimum absolute atomic E-state index is 0.0276. The van der Waals surface area contributed by atoms with E-state index >= 15 is 0 Å². The number of hydrogen-bond donors (Lipinski definition) is 0. The van der Waals surface area contributed by atoms with Crippen LogP contribution in [-0.4, -0.2) is 12.8 Å². The minimum atomic E-state index is -4.27. The monoisotopic (exact) mass is 227 g/mol. The van der Waals surface area contributed by atoms with Crippen LogP contribution in [0.2, 0.25) is 0 Å². The molecule has 1 unspecified atom stereocenters. The van der Waals surface area contributed by atoms with E-state index in [-0.39, 0.29) is 11.7 Å². The summed E-state index contributed by atoms with van der Waals surface area (Å²) in [6, 6.07) is 2.36. The largest absolute Gasteiger partial charge is 0.416 e. The molecule has 5 heteroatoms. The van der Waals surface area contributed by atoms with E-state index in [9.17, 15) is 13.2 Å². The number of hydrogen-bond acceptors (Lipinski definition) is 1. The fraction of sp³-hybridized carbons (Fsp3) is 0.545. The predicted molar refractivity (Wildman–Crippen MR) is 58.2 cm³/mol. The van der Waals surface area contributed by atoms with Crippen molar-refractivity contribution in [3.05, 3.63) is 29.1 Å². The molecule has 16 heavy (non-hydrogen) atoms. The fourth-order valence-electron chi connectivity index (χ4n) is 1.62. The van der Waals surface area contributed by atoms with Crippen molar-refractivity contribution in [2.24, 2.45) is 0 Å². The zero-order valence-corrected chi connectivity index (χ0v) is 9.30. The van der Waals surface area contributed by atoms with Crippen molar-refractivity contribution in [3.63, 3.8) is 0 Å². The smallest absolute Gasteiger partial charge is 0.258 e. The molecule has 1 aromatic heterocycles. The number of rotatable bonds is 2. The third-order valence-electron chi connectivity index (χ3n) is 2.78. The highest BCUT2D eigenvalue weighted by atomic mass is 19.4. The lowest BCUT2D eigenvalue weighted by Gasteiger charge is -2.13. The van der Waals surface area contributed by atoms with Crippen LogP contribution in [0, 0.1) is 0 Å². The molecular weight excluding hydrogens is 214 g/mol. The van der Waals surface area contributed by atoms with Crippen molar-refractivity contribution in [3.8, 4) is 0 Å². The molecule has 1 saturated carbocycles. The maximum absolute atomic E-state index is 12.7. The Morgan fingerprint density at radius 3 is 2.44 bits per heavy atom. The van der Waals surface area contributed by atoms with E-state index in [1.54, 1.807) is 0 Å². The molecule has 86 valence electrons. The van der Waals surface area contributed by atoms with Crippen molar-refractivity contribution < 1.29 is 13.2 Å². The molecule has 0 N–H and O–H groups in total. The molecule has 1 aliphatic rings. The van der Waals surface area contributed by atoms with Gasteiger partial charge in [-0.25, -0.2) is 0 Å². The van der Waals surface area contributed by atoms with E-state index in [1.807, 2.05) is 14.8 Å². The molecule has 0 saturated heterocycles. The molecule has 0 aromatic carbocycles. The molecular formula is C11H13BF3N. The summed E-state index contributed by atoms with van der Waals surface area (Å²) in [6.07, 6.45) is -2.34. The van der Waals surface area contributed by atoms with Gasteiger partial charge in [-0.05, 0) is 30.8 Å². The first-order chi connectivity index (χ1) is 7.38. The van der Waals surface area contributed by atoms with Gasteiger partial charge in [0.2, 0.25) is 0 Å². The molecule has 1 fully saturated rings. The van der Waals surface area contributed by atoms with Crippen LogP contribution in [0.15, 0.2) is 12.1 Å². The molecule has 0 amide bonds. The van der Waals surface area contributed by atoms with Crippen LogP contribution in [0.1, 0.15) is 48.5 Å². The van der Waals surface area contributed by atoms with Gasteiger partial charge in [-0.15, -0.1) is 0 Å². The summed E-state index contributed by atoms with van der Waals surface area (Å²) in [5, 5.41) is 0. The van der Waals surface area contributed by atoms with Crippen LogP contribution in [0.3, 0.4) is 0 Å². The molecule has 0 radical (unpaired) electrons. The van der Waals surface area contributed by atoms with E-state index in [0.717, 1.165) is 18.9 Å². The van der Waals surface area contributed by atoms with Gasteiger partial charge in [-0.1, -0.05) is 6.92 Å². The van der Waals surface area contributed by atoms with Crippen LogP contribution < -0.4 is 0 Å². The van der Waals surface area contributed by atoms with E-state index in [4.69, 9.17) is 0 Å². The second kappa shape index (κ2) is 3.79. The molecule has 1 aliphatic carbocycles. The van der Waals surface area contributed by atoms with Gasteiger partial charge in [0.15, 0.2) is 0 Å². The van der Waals surface area contributed by atoms with Crippen molar-refractivity contribution in [2.45, 2.75) is 37.7 Å². The van der Waals surface area contributed by atoms with Crippen molar-refractivity contribution in [2.75, 3.05) is 0 Å². The highest BCUT2D eigenvalue weighted by Crippen LogP contribution is 2.41. The average Bonchev–Trinajstić information content (AvgIpc) is 2.98. The summed E-state index contributed by atoms with van der Waals surface area (Å²) in [5.74, 6) is 0.277. The summed E-state index contributed by atoms with van der Waals surface area (Å²) in [5.41, 5.74) is 0.586. The molecule has 1 atom stereocenters. The third-order valence-corrected chi connectivity index (χ3v) is 2.78. The van der Waals surface area contributed by atoms with Crippen LogP contribution in [-0.2, 0) is 6.18 Å². The van der Waals surface area contributed by atoms with Crippen molar-refractivity contribution >= 4 is 7.85 Å². The Labute approximate surface area is 93.5 Å². The first-order valence-corrected chi connectivity index (χ1v) is 5.47. The van der Waals surface area contributed by atoms with Gasteiger partial charge in [-0.3, -0.25) is 4.98 Å². The SMILES string of the molecule is BC(C)c1cc(C(F)(F)F)cc(C2CC2)n1. The van der Waals surface area contributed by atoms with Crippen LogP contribution >= 0.6 is 0 Å². The Bertz CT molecular complexity index is 376. The first kappa shape index (κ1) is 11.5. The molecule has 0 aliphatic heterocycles. The lowest BCUT2D eigenvalue weighted by molar-refractivity contribution is -0.137. The number of alkyl halides is 3. The quantitative estimate of drug-likeness (QED) is 0.707. The topological polar surface area (TPSA) is 12.9 Å². The maximum Gasteiger partial charge on any atom is 0.416 e. The average molecular weight is 227 g/mol. The Balaban J connectivity index is 2.44. The van der Waals surface area contributed by atoms with E-state index in [2.05, 4.69) is 4.98 Å². The normalized spacial score (nSPS) is 18.5. The maximum atomic E-state index is 12.7. The van der Waals surface area contributed by atoms with E-state index in [0.29, 0.717) is 11.4 Å². The molecule has 1 heterocycles.